The van der Waals surface area contributed by atoms with Crippen molar-refractivity contribution in [3.63, 3.8) is 0 Å². The number of aryl methyl sites for hydroxylation is 1. The Kier molecular flexibility index (Phi) is 3.76. The van der Waals surface area contributed by atoms with Gasteiger partial charge in [0.2, 0.25) is 0 Å². The molecule has 0 spiro atoms. The topological polar surface area (TPSA) is 77.2 Å². The Balaban J connectivity index is 1.58. The third-order valence-corrected chi connectivity index (χ3v) is 4.43. The zero-order chi connectivity index (χ0) is 15.6. The normalized spacial score (nSPS) is 15.1. The lowest BCUT2D eigenvalue weighted by molar-refractivity contribution is 0.122. The molecule has 1 saturated heterocycles. The second kappa shape index (κ2) is 6.05. The lowest BCUT2D eigenvalue weighted by atomic mass is 10.3. The van der Waals surface area contributed by atoms with Gasteiger partial charge in [0.25, 0.3) is 11.8 Å². The molecule has 0 N–H and O–H groups in total. The van der Waals surface area contributed by atoms with E-state index < -0.39 is 0 Å². The van der Waals surface area contributed by atoms with Crippen LogP contribution in [0.2, 0.25) is 0 Å². The lowest BCUT2D eigenvalue weighted by Gasteiger charge is -2.25. The Labute approximate surface area is 137 Å². The maximum absolute atomic E-state index is 5.73. The minimum atomic E-state index is 0.407. The largest absolute Gasteiger partial charge is 0.413 e. The van der Waals surface area contributed by atoms with E-state index in [9.17, 15) is 0 Å². The molecule has 0 aliphatic carbocycles. The number of aromatic nitrogens is 4. The summed E-state index contributed by atoms with van der Waals surface area (Å²) in [6.45, 7) is 5.11. The number of anilines is 1. The zero-order valence-electron chi connectivity index (χ0n) is 12.6. The summed E-state index contributed by atoms with van der Waals surface area (Å²) in [7, 11) is 0. The molecule has 1 fully saturated rings. The van der Waals surface area contributed by atoms with Gasteiger partial charge in [0.05, 0.1) is 13.2 Å². The summed E-state index contributed by atoms with van der Waals surface area (Å²) in [5.74, 6) is 0.823. The summed E-state index contributed by atoms with van der Waals surface area (Å²) in [4.78, 5) is 11.2. The maximum Gasteiger partial charge on any atom is 0.267 e. The van der Waals surface area contributed by atoms with E-state index in [1.807, 2.05) is 30.5 Å². The molecular formula is C15H15N5O2S. The molecule has 8 heteroatoms. The first-order valence-corrected chi connectivity index (χ1v) is 8.24. The van der Waals surface area contributed by atoms with E-state index in [1.54, 1.807) is 11.3 Å². The predicted molar refractivity (Wildman–Crippen MR) is 86.4 cm³/mol. The van der Waals surface area contributed by atoms with E-state index in [0.29, 0.717) is 23.2 Å². The molecular weight excluding hydrogens is 314 g/mol. The van der Waals surface area contributed by atoms with Crippen molar-refractivity contribution < 1.29 is 9.15 Å². The van der Waals surface area contributed by atoms with E-state index in [0.717, 1.165) is 37.1 Å². The van der Waals surface area contributed by atoms with E-state index in [4.69, 9.17) is 9.15 Å². The van der Waals surface area contributed by atoms with Crippen LogP contribution >= 0.6 is 11.3 Å². The van der Waals surface area contributed by atoms with Gasteiger partial charge in [0, 0.05) is 24.2 Å². The summed E-state index contributed by atoms with van der Waals surface area (Å²) in [5, 5.41) is 11.1. The highest BCUT2D eigenvalue weighted by atomic mass is 32.1. The second-order valence-corrected chi connectivity index (χ2v) is 6.03. The smallest absolute Gasteiger partial charge is 0.267 e. The Morgan fingerprint density at radius 1 is 1.04 bits per heavy atom. The van der Waals surface area contributed by atoms with E-state index in [1.165, 1.54) is 0 Å². The number of morpholine rings is 1. The minimum absolute atomic E-state index is 0.407. The monoisotopic (exact) mass is 329 g/mol. The highest BCUT2D eigenvalue weighted by Gasteiger charge is 2.18. The summed E-state index contributed by atoms with van der Waals surface area (Å²) < 4.78 is 11.1. The minimum Gasteiger partial charge on any atom is -0.413 e. The van der Waals surface area contributed by atoms with E-state index in [2.05, 4.69) is 25.1 Å². The number of pyridine rings is 1. The molecule has 4 heterocycles. The fourth-order valence-electron chi connectivity index (χ4n) is 2.35. The fourth-order valence-corrected chi connectivity index (χ4v) is 3.21. The average molecular weight is 329 g/mol. The van der Waals surface area contributed by atoms with Crippen LogP contribution in [0.25, 0.3) is 23.2 Å². The zero-order valence-corrected chi connectivity index (χ0v) is 13.4. The lowest BCUT2D eigenvalue weighted by Crippen LogP contribution is -2.36. The van der Waals surface area contributed by atoms with Gasteiger partial charge >= 0.3 is 0 Å². The van der Waals surface area contributed by atoms with Crippen LogP contribution in [0.15, 0.2) is 28.0 Å². The average Bonchev–Trinajstić information content (AvgIpc) is 3.25. The molecule has 0 unspecified atom stereocenters. The molecule has 0 amide bonds. The Hall–Kier alpha value is -2.32. The SMILES string of the molecule is Cc1cccc(-c2nnc(-c3csc(N4CCOCC4)n3)o2)n1. The number of rotatable bonds is 3. The van der Waals surface area contributed by atoms with Crippen molar-refractivity contribution in [1.82, 2.24) is 20.2 Å². The molecule has 118 valence electrons. The first-order chi connectivity index (χ1) is 11.3. The Bertz CT molecular complexity index is 810. The Morgan fingerprint density at radius 3 is 2.61 bits per heavy atom. The fraction of sp³-hybridized carbons (Fsp3) is 0.333. The highest BCUT2D eigenvalue weighted by Crippen LogP contribution is 2.28. The predicted octanol–water partition coefficient (Wildman–Crippen LogP) is 2.40. The molecule has 23 heavy (non-hydrogen) atoms. The van der Waals surface area contributed by atoms with Gasteiger partial charge in [-0.1, -0.05) is 6.07 Å². The van der Waals surface area contributed by atoms with Crippen molar-refractivity contribution in [3.8, 4) is 23.2 Å². The molecule has 7 nitrogen and oxygen atoms in total. The molecule has 0 bridgehead atoms. The number of nitrogens with zero attached hydrogens (tertiary/aromatic N) is 5. The van der Waals surface area contributed by atoms with Crippen molar-refractivity contribution >= 4 is 16.5 Å². The third-order valence-electron chi connectivity index (χ3n) is 3.53. The second-order valence-electron chi connectivity index (χ2n) is 5.19. The number of thiazole rings is 1. The van der Waals surface area contributed by atoms with Crippen molar-refractivity contribution in [1.29, 1.82) is 0 Å². The maximum atomic E-state index is 5.73. The first kappa shape index (κ1) is 14.3. The molecule has 3 aromatic rings. The van der Waals surface area contributed by atoms with Crippen LogP contribution in [0, 0.1) is 6.92 Å². The van der Waals surface area contributed by atoms with Crippen molar-refractivity contribution in [2.45, 2.75) is 6.92 Å². The molecule has 4 rings (SSSR count). The van der Waals surface area contributed by atoms with Crippen LogP contribution in [0.5, 0.6) is 0 Å². The van der Waals surface area contributed by atoms with Gasteiger partial charge in [-0.15, -0.1) is 21.5 Å². The molecule has 0 radical (unpaired) electrons. The van der Waals surface area contributed by atoms with Gasteiger partial charge in [-0.25, -0.2) is 9.97 Å². The highest BCUT2D eigenvalue weighted by molar-refractivity contribution is 7.14. The van der Waals surface area contributed by atoms with Crippen LogP contribution in [0.3, 0.4) is 0 Å². The standard InChI is InChI=1S/C15H15N5O2S/c1-10-3-2-4-11(16-10)13-18-19-14(22-13)12-9-23-15(17-12)20-5-7-21-8-6-20/h2-4,9H,5-8H2,1H3. The van der Waals surface area contributed by atoms with Crippen LogP contribution in [-0.4, -0.2) is 46.5 Å². The third kappa shape index (κ3) is 2.95. The quantitative estimate of drug-likeness (QED) is 0.730. The van der Waals surface area contributed by atoms with Gasteiger partial charge in [0.1, 0.15) is 11.4 Å². The molecule has 0 saturated carbocycles. The van der Waals surface area contributed by atoms with E-state index >= 15 is 0 Å². The van der Waals surface area contributed by atoms with Gasteiger partial charge in [-0.05, 0) is 19.1 Å². The summed E-state index contributed by atoms with van der Waals surface area (Å²) in [6.07, 6.45) is 0. The van der Waals surface area contributed by atoms with Crippen molar-refractivity contribution in [3.05, 3.63) is 29.3 Å². The van der Waals surface area contributed by atoms with Crippen LogP contribution in [0.1, 0.15) is 5.69 Å². The van der Waals surface area contributed by atoms with E-state index in [-0.39, 0.29) is 0 Å². The molecule has 3 aromatic heterocycles. The van der Waals surface area contributed by atoms with Crippen LogP contribution in [-0.2, 0) is 4.74 Å². The molecule has 1 aliphatic heterocycles. The molecule has 0 aromatic carbocycles. The molecule has 1 aliphatic rings. The van der Waals surface area contributed by atoms with Gasteiger partial charge in [-0.2, -0.15) is 0 Å². The van der Waals surface area contributed by atoms with Crippen molar-refractivity contribution in [2.75, 3.05) is 31.2 Å². The van der Waals surface area contributed by atoms with Crippen LogP contribution in [0.4, 0.5) is 5.13 Å². The van der Waals surface area contributed by atoms with Crippen molar-refractivity contribution in [2.24, 2.45) is 0 Å². The summed E-state index contributed by atoms with van der Waals surface area (Å²) in [6, 6.07) is 5.70. The van der Waals surface area contributed by atoms with Gasteiger partial charge < -0.3 is 14.1 Å². The summed E-state index contributed by atoms with van der Waals surface area (Å²) >= 11 is 1.57. The van der Waals surface area contributed by atoms with Gasteiger partial charge in [-0.3, -0.25) is 0 Å². The number of hydrogen-bond acceptors (Lipinski definition) is 8. The first-order valence-electron chi connectivity index (χ1n) is 7.36. The number of hydrogen-bond donors (Lipinski definition) is 0. The summed E-state index contributed by atoms with van der Waals surface area (Å²) in [5.41, 5.74) is 2.28. The molecule has 0 atom stereocenters. The Morgan fingerprint density at radius 2 is 1.83 bits per heavy atom. The number of ether oxygens (including phenoxy) is 1. The van der Waals surface area contributed by atoms with Gasteiger partial charge in [0.15, 0.2) is 5.13 Å². The van der Waals surface area contributed by atoms with Crippen LogP contribution < -0.4 is 4.90 Å².